The molecule has 0 radical (unpaired) electrons. The first kappa shape index (κ1) is 8.04. The van der Waals surface area contributed by atoms with E-state index in [1.807, 2.05) is 0 Å². The summed E-state index contributed by atoms with van der Waals surface area (Å²) in [5.41, 5.74) is 0. The van der Waals surface area contributed by atoms with Crippen molar-refractivity contribution in [2.45, 2.75) is 19.4 Å². The van der Waals surface area contributed by atoms with Gasteiger partial charge in [0.25, 0.3) is 0 Å². The molecule has 0 aromatic rings. The number of hydrogen-bond acceptors (Lipinski definition) is 3. The van der Waals surface area contributed by atoms with Crippen LogP contribution in [-0.2, 0) is 14.3 Å². The maximum Gasteiger partial charge on any atom is 0.328 e. The van der Waals surface area contributed by atoms with Crippen molar-refractivity contribution in [1.82, 2.24) is 5.32 Å². The number of methoxy groups -OCH3 is 1. The first-order chi connectivity index (χ1) is 5.15. The molecule has 1 amide bonds. The first-order valence-corrected chi connectivity index (χ1v) is 3.53. The van der Waals surface area contributed by atoms with Crippen LogP contribution in [0.15, 0.2) is 0 Å². The molecular weight excluding hydrogens is 146 g/mol. The molecule has 2 atom stereocenters. The van der Waals surface area contributed by atoms with Crippen LogP contribution in [0, 0.1) is 5.92 Å². The molecule has 11 heavy (non-hydrogen) atoms. The van der Waals surface area contributed by atoms with Crippen LogP contribution in [0.5, 0.6) is 0 Å². The standard InChI is InChI=1S/C7H11NO3/c1-4-3-5(7(10)11-2)8-6(4)9/h4-5H,3H2,1-2H3,(H,8,9)/t4-,5-/m0/s1. The minimum absolute atomic E-state index is 0.0691. The van der Waals surface area contributed by atoms with Crippen LogP contribution >= 0.6 is 0 Å². The summed E-state index contributed by atoms with van der Waals surface area (Å²) in [6, 6.07) is -0.428. The lowest BCUT2D eigenvalue weighted by Gasteiger charge is -2.05. The van der Waals surface area contributed by atoms with Gasteiger partial charge in [-0.2, -0.15) is 0 Å². The van der Waals surface area contributed by atoms with Crippen molar-refractivity contribution in [1.29, 1.82) is 0 Å². The number of esters is 1. The molecule has 1 heterocycles. The minimum atomic E-state index is -0.428. The van der Waals surface area contributed by atoms with Crippen molar-refractivity contribution < 1.29 is 14.3 Å². The number of carbonyl (C=O) groups excluding carboxylic acids is 2. The minimum Gasteiger partial charge on any atom is -0.467 e. The van der Waals surface area contributed by atoms with E-state index in [4.69, 9.17) is 0 Å². The smallest absolute Gasteiger partial charge is 0.328 e. The molecule has 1 saturated heterocycles. The van der Waals surface area contributed by atoms with Crippen molar-refractivity contribution in [3.8, 4) is 0 Å². The molecule has 1 fully saturated rings. The molecule has 0 spiro atoms. The van der Waals surface area contributed by atoms with Crippen molar-refractivity contribution in [2.75, 3.05) is 7.11 Å². The van der Waals surface area contributed by atoms with Crippen molar-refractivity contribution >= 4 is 11.9 Å². The normalized spacial score (nSPS) is 29.8. The lowest BCUT2D eigenvalue weighted by atomic mass is 10.1. The second-order valence-corrected chi connectivity index (χ2v) is 2.72. The second kappa shape index (κ2) is 2.90. The van der Waals surface area contributed by atoms with E-state index < -0.39 is 6.04 Å². The summed E-state index contributed by atoms with van der Waals surface area (Å²) in [5.74, 6) is -0.498. The van der Waals surface area contributed by atoms with Crippen molar-refractivity contribution in [3.05, 3.63) is 0 Å². The largest absolute Gasteiger partial charge is 0.467 e. The fraction of sp³-hybridized carbons (Fsp3) is 0.714. The first-order valence-electron chi connectivity index (χ1n) is 3.53. The Labute approximate surface area is 64.9 Å². The topological polar surface area (TPSA) is 55.4 Å². The van der Waals surface area contributed by atoms with E-state index in [0.717, 1.165) is 0 Å². The van der Waals surface area contributed by atoms with Crippen molar-refractivity contribution in [2.24, 2.45) is 5.92 Å². The Morgan fingerprint density at radius 2 is 2.36 bits per heavy atom. The van der Waals surface area contributed by atoms with Gasteiger partial charge in [0.05, 0.1) is 7.11 Å². The zero-order valence-corrected chi connectivity index (χ0v) is 6.59. The molecule has 0 saturated carbocycles. The maximum absolute atomic E-state index is 10.9. The molecule has 4 nitrogen and oxygen atoms in total. The highest BCUT2D eigenvalue weighted by atomic mass is 16.5. The summed E-state index contributed by atoms with van der Waals surface area (Å²) in [5, 5.41) is 2.54. The van der Waals surface area contributed by atoms with Crippen LogP contribution in [0.25, 0.3) is 0 Å². The number of carbonyl (C=O) groups is 2. The highest BCUT2D eigenvalue weighted by molar-refractivity contribution is 5.89. The highest BCUT2D eigenvalue weighted by Gasteiger charge is 2.33. The molecule has 62 valence electrons. The quantitative estimate of drug-likeness (QED) is 0.531. The van der Waals surface area contributed by atoms with Gasteiger partial charge in [0.2, 0.25) is 5.91 Å². The van der Waals surface area contributed by atoms with E-state index in [9.17, 15) is 9.59 Å². The Kier molecular flexibility index (Phi) is 2.12. The molecule has 1 aliphatic rings. The van der Waals surface area contributed by atoms with E-state index in [-0.39, 0.29) is 17.8 Å². The van der Waals surface area contributed by atoms with Gasteiger partial charge in [-0.05, 0) is 6.42 Å². The Balaban J connectivity index is 2.53. The van der Waals surface area contributed by atoms with Crippen LogP contribution < -0.4 is 5.32 Å². The summed E-state index contributed by atoms with van der Waals surface area (Å²) in [6.07, 6.45) is 0.547. The van der Waals surface area contributed by atoms with Gasteiger partial charge in [0, 0.05) is 5.92 Å². The number of nitrogens with one attached hydrogen (secondary N) is 1. The average Bonchev–Trinajstić information content (AvgIpc) is 2.31. The Morgan fingerprint density at radius 3 is 2.73 bits per heavy atom. The fourth-order valence-electron chi connectivity index (χ4n) is 1.13. The third-order valence-electron chi connectivity index (χ3n) is 1.84. The lowest BCUT2D eigenvalue weighted by molar-refractivity contribution is -0.143. The Hall–Kier alpha value is -1.06. The van der Waals surface area contributed by atoms with E-state index in [1.54, 1.807) is 6.92 Å². The lowest BCUT2D eigenvalue weighted by Crippen LogP contribution is -2.33. The van der Waals surface area contributed by atoms with Crippen molar-refractivity contribution in [3.63, 3.8) is 0 Å². The molecule has 0 aromatic heterocycles. The second-order valence-electron chi connectivity index (χ2n) is 2.72. The van der Waals surface area contributed by atoms with Gasteiger partial charge < -0.3 is 10.1 Å². The van der Waals surface area contributed by atoms with E-state index >= 15 is 0 Å². The van der Waals surface area contributed by atoms with Crippen LogP contribution in [0.2, 0.25) is 0 Å². The van der Waals surface area contributed by atoms with Crippen LogP contribution in [0.1, 0.15) is 13.3 Å². The van der Waals surface area contributed by atoms with Crippen LogP contribution in [-0.4, -0.2) is 25.0 Å². The summed E-state index contributed by atoms with van der Waals surface area (Å²) in [4.78, 5) is 21.8. The predicted octanol–water partition coefficient (Wildman–Crippen LogP) is -0.316. The molecule has 0 aromatic carbocycles. The summed E-state index contributed by atoms with van der Waals surface area (Å²) >= 11 is 0. The molecule has 4 heteroatoms. The molecule has 0 unspecified atom stereocenters. The third-order valence-corrected chi connectivity index (χ3v) is 1.84. The average molecular weight is 157 g/mol. The number of hydrogen-bond donors (Lipinski definition) is 1. The maximum atomic E-state index is 10.9. The van der Waals surface area contributed by atoms with E-state index in [2.05, 4.69) is 10.1 Å². The molecule has 0 bridgehead atoms. The number of ether oxygens (including phenoxy) is 1. The van der Waals surface area contributed by atoms with Gasteiger partial charge in [-0.3, -0.25) is 4.79 Å². The predicted molar refractivity (Wildman–Crippen MR) is 37.7 cm³/mol. The molecule has 1 aliphatic heterocycles. The van der Waals surface area contributed by atoms with Gasteiger partial charge in [0.1, 0.15) is 6.04 Å². The van der Waals surface area contributed by atoms with Gasteiger partial charge in [-0.1, -0.05) is 6.92 Å². The number of amides is 1. The zero-order valence-electron chi connectivity index (χ0n) is 6.59. The molecule has 1 rings (SSSR count). The molecular formula is C7H11NO3. The SMILES string of the molecule is COC(=O)[C@@H]1C[C@H](C)C(=O)N1. The van der Waals surface area contributed by atoms with Gasteiger partial charge >= 0.3 is 5.97 Å². The zero-order chi connectivity index (χ0) is 8.43. The van der Waals surface area contributed by atoms with Gasteiger partial charge in [0.15, 0.2) is 0 Å². The summed E-state index contributed by atoms with van der Waals surface area (Å²) < 4.78 is 4.48. The van der Waals surface area contributed by atoms with Crippen LogP contribution in [0.3, 0.4) is 0 Å². The number of rotatable bonds is 1. The van der Waals surface area contributed by atoms with Crippen LogP contribution in [0.4, 0.5) is 0 Å². The Bertz CT molecular complexity index is 190. The highest BCUT2D eigenvalue weighted by Crippen LogP contribution is 2.14. The van der Waals surface area contributed by atoms with E-state index in [1.165, 1.54) is 7.11 Å². The third kappa shape index (κ3) is 1.50. The fourth-order valence-corrected chi connectivity index (χ4v) is 1.13. The summed E-state index contributed by atoms with van der Waals surface area (Å²) in [6.45, 7) is 1.79. The monoisotopic (exact) mass is 157 g/mol. The molecule has 1 N–H and O–H groups in total. The van der Waals surface area contributed by atoms with Gasteiger partial charge in [-0.15, -0.1) is 0 Å². The van der Waals surface area contributed by atoms with E-state index in [0.29, 0.717) is 6.42 Å². The van der Waals surface area contributed by atoms with Gasteiger partial charge in [-0.25, -0.2) is 4.79 Å². The summed E-state index contributed by atoms with van der Waals surface area (Å²) in [7, 11) is 1.32. The molecule has 0 aliphatic carbocycles. The Morgan fingerprint density at radius 1 is 1.73 bits per heavy atom.